The number of nitrogens with zero attached hydrogens (tertiary/aromatic N) is 4. The number of para-hydroxylation sites is 1. The average Bonchev–Trinajstić information content (AvgIpc) is 3.39. The van der Waals surface area contributed by atoms with E-state index in [0.717, 1.165) is 18.8 Å². The normalized spacial score (nSPS) is 31.8. The van der Waals surface area contributed by atoms with Crippen molar-refractivity contribution in [1.82, 2.24) is 14.7 Å². The molecule has 3 amide bonds. The Hall–Kier alpha value is -3.83. The van der Waals surface area contributed by atoms with Gasteiger partial charge in [0.1, 0.15) is 11.6 Å². The topological polar surface area (TPSA) is 103 Å². The second-order valence-corrected chi connectivity index (χ2v) is 12.8. The van der Waals surface area contributed by atoms with Crippen LogP contribution in [0, 0.1) is 11.8 Å². The lowest BCUT2D eigenvalue weighted by atomic mass is 9.73. The molecule has 3 fully saturated rings. The highest BCUT2D eigenvalue weighted by Gasteiger charge is 2.76. The number of carbonyl (C=O) groups is 3. The third kappa shape index (κ3) is 4.90. The maximum atomic E-state index is 15.0. The molecule has 2 aromatic carbocycles. The largest absolute Gasteiger partial charge is 0.394 e. The van der Waals surface area contributed by atoms with Gasteiger partial charge in [0, 0.05) is 45.0 Å². The Morgan fingerprint density at radius 1 is 0.848 bits per heavy atom. The Balaban J connectivity index is 1.33. The van der Waals surface area contributed by atoms with E-state index in [1.54, 1.807) is 9.80 Å². The summed E-state index contributed by atoms with van der Waals surface area (Å²) < 4.78 is 12.6. The highest BCUT2D eigenvalue weighted by atomic mass is 16.5. The van der Waals surface area contributed by atoms with Crippen LogP contribution in [-0.2, 0) is 23.9 Å². The fourth-order valence-corrected chi connectivity index (χ4v) is 8.24. The Morgan fingerprint density at radius 3 is 2.24 bits per heavy atom. The van der Waals surface area contributed by atoms with Gasteiger partial charge in [0.05, 0.1) is 43.3 Å². The number of carbonyl (C=O) groups excluding carboxylic acids is 3. The van der Waals surface area contributed by atoms with Gasteiger partial charge in [0.25, 0.3) is 0 Å². The number of amides is 3. The van der Waals surface area contributed by atoms with Crippen molar-refractivity contribution in [3.8, 4) is 0 Å². The summed E-state index contributed by atoms with van der Waals surface area (Å²) in [5.41, 5.74) is -1.03. The highest BCUT2D eigenvalue weighted by Crippen LogP contribution is 2.59. The zero-order valence-corrected chi connectivity index (χ0v) is 26.2. The average molecular weight is 627 g/mol. The number of hydrogen-bond acceptors (Lipinski definition) is 7. The molecule has 46 heavy (non-hydrogen) atoms. The van der Waals surface area contributed by atoms with Gasteiger partial charge in [-0.15, -0.1) is 0 Å². The molecule has 0 radical (unpaired) electrons. The number of anilines is 1. The molecule has 0 bridgehead atoms. The summed E-state index contributed by atoms with van der Waals surface area (Å²) in [6, 6.07) is 16.9. The Bertz CT molecular complexity index is 1510. The minimum atomic E-state index is -1.40. The molecule has 242 valence electrons. The van der Waals surface area contributed by atoms with Crippen molar-refractivity contribution < 1.29 is 29.0 Å². The molecule has 0 aromatic heterocycles. The number of benzene rings is 2. The van der Waals surface area contributed by atoms with Crippen LogP contribution < -0.4 is 4.90 Å². The second kappa shape index (κ2) is 12.4. The predicted octanol–water partition coefficient (Wildman–Crippen LogP) is 2.41. The molecular weight excluding hydrogens is 584 g/mol. The van der Waals surface area contributed by atoms with Gasteiger partial charge in [-0.3, -0.25) is 19.3 Å². The fraction of sp³-hybridized carbons (Fsp3) is 0.472. The number of fused-ring (bicyclic) bond motifs is 2. The van der Waals surface area contributed by atoms with Crippen LogP contribution in [0.1, 0.15) is 24.9 Å². The van der Waals surface area contributed by atoms with Crippen molar-refractivity contribution in [3.05, 3.63) is 90.5 Å². The molecular formula is C36H42N4O6. The number of hydrogen-bond donors (Lipinski definition) is 1. The van der Waals surface area contributed by atoms with Crippen molar-refractivity contribution in [2.75, 3.05) is 64.0 Å². The van der Waals surface area contributed by atoms with Crippen LogP contribution >= 0.6 is 0 Å². The second-order valence-electron chi connectivity index (χ2n) is 12.8. The Labute approximate surface area is 269 Å². The van der Waals surface area contributed by atoms with Crippen molar-refractivity contribution in [2.45, 2.75) is 36.6 Å². The lowest BCUT2D eigenvalue weighted by molar-refractivity contribution is -0.155. The lowest BCUT2D eigenvalue weighted by Crippen LogP contribution is -2.57. The third-order valence-electron chi connectivity index (χ3n) is 10.5. The van der Waals surface area contributed by atoms with Crippen LogP contribution in [-0.4, -0.2) is 114 Å². The van der Waals surface area contributed by atoms with Gasteiger partial charge in [0.15, 0.2) is 0 Å². The van der Waals surface area contributed by atoms with Gasteiger partial charge in [-0.05, 0) is 24.1 Å². The number of rotatable bonds is 8. The van der Waals surface area contributed by atoms with Crippen molar-refractivity contribution in [2.24, 2.45) is 11.8 Å². The van der Waals surface area contributed by atoms with E-state index in [1.807, 2.05) is 91.9 Å². The van der Waals surface area contributed by atoms with E-state index >= 15 is 4.79 Å². The quantitative estimate of drug-likeness (QED) is 0.449. The minimum Gasteiger partial charge on any atom is -0.394 e. The van der Waals surface area contributed by atoms with Crippen molar-refractivity contribution >= 4 is 23.4 Å². The van der Waals surface area contributed by atoms with Crippen LogP contribution in [0.3, 0.4) is 0 Å². The van der Waals surface area contributed by atoms with Gasteiger partial charge in [-0.25, -0.2) is 0 Å². The van der Waals surface area contributed by atoms with E-state index in [1.165, 1.54) is 4.90 Å². The summed E-state index contributed by atoms with van der Waals surface area (Å²) in [6.45, 7) is 6.37. The summed E-state index contributed by atoms with van der Waals surface area (Å²) in [6.07, 6.45) is 8.15. The molecule has 5 heterocycles. The smallest absolute Gasteiger partial charge is 0.249 e. The van der Waals surface area contributed by atoms with E-state index < -0.39 is 35.1 Å². The van der Waals surface area contributed by atoms with E-state index in [2.05, 4.69) is 4.90 Å². The van der Waals surface area contributed by atoms with E-state index in [4.69, 9.17) is 9.47 Å². The molecule has 1 unspecified atom stereocenters. The van der Waals surface area contributed by atoms with Crippen molar-refractivity contribution in [1.29, 1.82) is 0 Å². The maximum absolute atomic E-state index is 15.0. The van der Waals surface area contributed by atoms with Gasteiger partial charge in [-0.2, -0.15) is 0 Å². The molecule has 3 saturated heterocycles. The molecule has 5 aliphatic heterocycles. The van der Waals surface area contributed by atoms with Gasteiger partial charge >= 0.3 is 0 Å². The molecule has 10 nitrogen and oxygen atoms in total. The monoisotopic (exact) mass is 626 g/mol. The first kappa shape index (κ1) is 30.8. The molecule has 5 aliphatic rings. The minimum absolute atomic E-state index is 0.205. The molecule has 2 aromatic rings. The summed E-state index contributed by atoms with van der Waals surface area (Å²) in [4.78, 5) is 51.9. The van der Waals surface area contributed by atoms with Gasteiger partial charge in [0.2, 0.25) is 17.7 Å². The SMILES string of the molecule is CC[C@]12C=CCN(c3ccccc3)C(=O)[C@H]1[C@H]1C(=O)N([C@H](CO)c3ccccc3)C3C(=O)N(CCN4CCOCC4)CC=C[C@@]31O2. The van der Waals surface area contributed by atoms with E-state index in [0.29, 0.717) is 51.4 Å². The lowest BCUT2D eigenvalue weighted by Gasteiger charge is -2.41. The number of morpholine rings is 1. The van der Waals surface area contributed by atoms with Crippen LogP contribution in [0.15, 0.2) is 85.0 Å². The van der Waals surface area contributed by atoms with Crippen LogP contribution in [0.4, 0.5) is 5.69 Å². The number of likely N-dealkylation sites (tertiary alicyclic amines) is 1. The van der Waals surface area contributed by atoms with Crippen LogP contribution in [0.25, 0.3) is 0 Å². The summed E-state index contributed by atoms with van der Waals surface area (Å²) in [5, 5.41) is 10.8. The zero-order valence-electron chi connectivity index (χ0n) is 26.2. The highest BCUT2D eigenvalue weighted by molar-refractivity contribution is 6.04. The first-order chi connectivity index (χ1) is 22.4. The molecule has 10 heteroatoms. The molecule has 6 atom stereocenters. The Kier molecular flexibility index (Phi) is 8.31. The third-order valence-corrected chi connectivity index (χ3v) is 10.5. The Morgan fingerprint density at radius 2 is 1.54 bits per heavy atom. The van der Waals surface area contributed by atoms with Crippen molar-refractivity contribution in [3.63, 3.8) is 0 Å². The summed E-state index contributed by atoms with van der Waals surface area (Å²) >= 11 is 0. The van der Waals surface area contributed by atoms with Gasteiger partial charge < -0.3 is 29.3 Å². The number of aliphatic hydroxyl groups excluding tert-OH is 1. The molecule has 0 saturated carbocycles. The maximum Gasteiger partial charge on any atom is 0.249 e. The number of ether oxygens (including phenoxy) is 2. The van der Waals surface area contributed by atoms with Crippen LogP contribution in [0.5, 0.6) is 0 Å². The zero-order chi connectivity index (χ0) is 31.9. The predicted molar refractivity (Wildman–Crippen MR) is 172 cm³/mol. The fourth-order valence-electron chi connectivity index (χ4n) is 8.24. The number of aliphatic hydroxyl groups is 1. The standard InChI is InChI=1S/C36H42N4O6/c1-2-35-15-9-18-39(27-13-7-4-8-14-27)32(42)29(35)30-33(43)40(28(25-41)26-11-5-3-6-12-26)31-34(44)38(17-10-16-36(30,31)46-35)20-19-37-21-23-45-24-22-37/h3-16,28-31,41H,2,17-25H2,1H3/t28-,29-,30+,31?,35+,36+/m1/s1. The summed E-state index contributed by atoms with van der Waals surface area (Å²) in [7, 11) is 0. The molecule has 1 N–H and O–H groups in total. The molecule has 1 spiro atoms. The van der Waals surface area contributed by atoms with Crippen LogP contribution in [0.2, 0.25) is 0 Å². The summed E-state index contributed by atoms with van der Waals surface area (Å²) in [5.74, 6) is -2.62. The first-order valence-corrected chi connectivity index (χ1v) is 16.4. The van der Waals surface area contributed by atoms with E-state index in [9.17, 15) is 14.7 Å². The van der Waals surface area contributed by atoms with E-state index in [-0.39, 0.29) is 24.3 Å². The molecule has 0 aliphatic carbocycles. The molecule has 7 rings (SSSR count). The van der Waals surface area contributed by atoms with Gasteiger partial charge in [-0.1, -0.05) is 79.8 Å². The first-order valence-electron chi connectivity index (χ1n) is 16.4.